The predicted octanol–water partition coefficient (Wildman–Crippen LogP) is 4.56. The smallest absolute Gasteiger partial charge is 0.0552 e. The van der Waals surface area contributed by atoms with E-state index in [1.165, 1.54) is 31.2 Å². The lowest BCUT2D eigenvalue weighted by Gasteiger charge is -2.27. The van der Waals surface area contributed by atoms with E-state index < -0.39 is 0 Å². The largest absolute Gasteiger partial charge is 0.393 e. The van der Waals surface area contributed by atoms with E-state index in [0.717, 1.165) is 16.5 Å². The van der Waals surface area contributed by atoms with Crippen molar-refractivity contribution in [1.82, 2.24) is 0 Å². The molecule has 1 nitrogen and oxygen atoms in total. The Balaban J connectivity index is 2.09. The Hall–Kier alpha value is -0.530. The first-order chi connectivity index (χ1) is 8.56. The fourth-order valence-corrected chi connectivity index (χ4v) is 3.30. The summed E-state index contributed by atoms with van der Waals surface area (Å²) >= 11 is 6.40. The monoisotopic (exact) mass is 266 g/mol. The number of aliphatic hydroxyl groups excluding tert-OH is 1. The van der Waals surface area contributed by atoms with Gasteiger partial charge in [-0.3, -0.25) is 0 Å². The van der Waals surface area contributed by atoms with Crippen molar-refractivity contribution in [3.8, 4) is 0 Å². The van der Waals surface area contributed by atoms with Gasteiger partial charge in [-0.2, -0.15) is 0 Å². The van der Waals surface area contributed by atoms with Crippen LogP contribution in [0.1, 0.15) is 56.6 Å². The van der Waals surface area contributed by atoms with Gasteiger partial charge in [0.25, 0.3) is 0 Å². The SMILES string of the molecule is CC(O)Cc1ccc(C2CCC(C)CC2)c(Cl)c1. The van der Waals surface area contributed by atoms with Crippen molar-refractivity contribution in [2.75, 3.05) is 0 Å². The lowest BCUT2D eigenvalue weighted by molar-refractivity contribution is 0.195. The molecule has 0 heterocycles. The van der Waals surface area contributed by atoms with E-state index in [0.29, 0.717) is 12.3 Å². The number of halogens is 1. The van der Waals surface area contributed by atoms with Gasteiger partial charge in [-0.1, -0.05) is 43.5 Å². The summed E-state index contributed by atoms with van der Waals surface area (Å²) in [5.74, 6) is 1.50. The molecule has 18 heavy (non-hydrogen) atoms. The number of hydrogen-bond donors (Lipinski definition) is 1. The molecule has 0 aliphatic heterocycles. The third kappa shape index (κ3) is 3.49. The fraction of sp³-hybridized carbons (Fsp3) is 0.625. The molecule has 0 spiro atoms. The van der Waals surface area contributed by atoms with Gasteiger partial charge in [-0.05, 0) is 55.2 Å². The van der Waals surface area contributed by atoms with Crippen LogP contribution in [-0.2, 0) is 6.42 Å². The average Bonchev–Trinajstić information content (AvgIpc) is 2.30. The van der Waals surface area contributed by atoms with Crippen LogP contribution in [0.2, 0.25) is 5.02 Å². The first kappa shape index (κ1) is 13.9. The molecule has 1 atom stereocenters. The van der Waals surface area contributed by atoms with Gasteiger partial charge in [0, 0.05) is 5.02 Å². The van der Waals surface area contributed by atoms with E-state index in [4.69, 9.17) is 11.6 Å². The summed E-state index contributed by atoms with van der Waals surface area (Å²) in [6.45, 7) is 4.15. The van der Waals surface area contributed by atoms with Crippen molar-refractivity contribution in [3.05, 3.63) is 34.3 Å². The van der Waals surface area contributed by atoms with E-state index in [2.05, 4.69) is 19.1 Å². The highest BCUT2D eigenvalue weighted by molar-refractivity contribution is 6.31. The summed E-state index contributed by atoms with van der Waals surface area (Å²) in [5, 5.41) is 10.3. The van der Waals surface area contributed by atoms with Gasteiger partial charge in [0.05, 0.1) is 6.10 Å². The lowest BCUT2D eigenvalue weighted by atomic mass is 9.79. The zero-order valence-corrected chi connectivity index (χ0v) is 12.1. The molecule has 1 saturated carbocycles. The molecule has 1 N–H and O–H groups in total. The topological polar surface area (TPSA) is 20.2 Å². The van der Waals surface area contributed by atoms with Crippen molar-refractivity contribution < 1.29 is 5.11 Å². The highest BCUT2D eigenvalue weighted by Crippen LogP contribution is 2.38. The molecule has 1 aliphatic carbocycles. The zero-order valence-electron chi connectivity index (χ0n) is 11.3. The maximum Gasteiger partial charge on any atom is 0.0552 e. The molecule has 1 aromatic rings. The third-order valence-electron chi connectivity index (χ3n) is 4.05. The van der Waals surface area contributed by atoms with Crippen molar-refractivity contribution in [2.24, 2.45) is 5.92 Å². The molecular formula is C16H23ClO. The number of aliphatic hydroxyl groups is 1. The summed E-state index contributed by atoms with van der Waals surface area (Å²) in [4.78, 5) is 0. The van der Waals surface area contributed by atoms with Crippen molar-refractivity contribution in [3.63, 3.8) is 0 Å². The first-order valence-electron chi connectivity index (χ1n) is 7.02. The summed E-state index contributed by atoms with van der Waals surface area (Å²) < 4.78 is 0. The molecule has 100 valence electrons. The van der Waals surface area contributed by atoms with Crippen LogP contribution < -0.4 is 0 Å². The Morgan fingerprint density at radius 2 is 1.94 bits per heavy atom. The molecular weight excluding hydrogens is 244 g/mol. The minimum Gasteiger partial charge on any atom is -0.393 e. The minimum absolute atomic E-state index is 0.303. The van der Waals surface area contributed by atoms with Gasteiger partial charge in [0.1, 0.15) is 0 Å². The van der Waals surface area contributed by atoms with E-state index in [-0.39, 0.29) is 6.10 Å². The predicted molar refractivity (Wildman–Crippen MR) is 77.2 cm³/mol. The average molecular weight is 267 g/mol. The van der Waals surface area contributed by atoms with Crippen molar-refractivity contribution in [1.29, 1.82) is 0 Å². The maximum absolute atomic E-state index is 9.40. The van der Waals surface area contributed by atoms with Crippen LogP contribution in [0.25, 0.3) is 0 Å². The Labute approximate surface area is 115 Å². The quantitative estimate of drug-likeness (QED) is 0.851. The molecule has 1 aliphatic rings. The van der Waals surface area contributed by atoms with Gasteiger partial charge in [-0.15, -0.1) is 0 Å². The third-order valence-corrected chi connectivity index (χ3v) is 4.38. The van der Waals surface area contributed by atoms with Crippen molar-refractivity contribution in [2.45, 2.75) is 58.0 Å². The number of rotatable bonds is 3. The van der Waals surface area contributed by atoms with Crippen LogP contribution in [0.4, 0.5) is 0 Å². The fourth-order valence-electron chi connectivity index (χ4n) is 2.94. The molecule has 0 amide bonds. The molecule has 0 radical (unpaired) electrons. The van der Waals surface area contributed by atoms with Crippen LogP contribution in [0.15, 0.2) is 18.2 Å². The number of benzene rings is 1. The highest BCUT2D eigenvalue weighted by Gasteiger charge is 2.21. The lowest BCUT2D eigenvalue weighted by Crippen LogP contribution is -2.11. The molecule has 2 rings (SSSR count). The standard InChI is InChI=1S/C16H23ClO/c1-11-3-6-14(7-4-11)15-8-5-13(9-12(2)18)10-16(15)17/h5,8,10-12,14,18H,3-4,6-7,9H2,1-2H3. The Kier molecular flexibility index (Phi) is 4.69. The summed E-state index contributed by atoms with van der Waals surface area (Å²) in [5.41, 5.74) is 2.43. The Morgan fingerprint density at radius 1 is 1.28 bits per heavy atom. The van der Waals surface area contributed by atoms with E-state index >= 15 is 0 Å². The first-order valence-corrected chi connectivity index (χ1v) is 7.40. The minimum atomic E-state index is -0.303. The Bertz CT molecular complexity index is 392. The second kappa shape index (κ2) is 6.08. The summed E-state index contributed by atoms with van der Waals surface area (Å²) in [6, 6.07) is 6.31. The van der Waals surface area contributed by atoms with Gasteiger partial charge in [0.15, 0.2) is 0 Å². The molecule has 0 aromatic heterocycles. The molecule has 1 fully saturated rings. The van der Waals surface area contributed by atoms with Gasteiger partial charge < -0.3 is 5.11 Å². The molecule has 0 saturated heterocycles. The van der Waals surface area contributed by atoms with E-state index in [1.807, 2.05) is 13.0 Å². The van der Waals surface area contributed by atoms with Crippen LogP contribution in [-0.4, -0.2) is 11.2 Å². The maximum atomic E-state index is 9.40. The van der Waals surface area contributed by atoms with E-state index in [1.54, 1.807) is 0 Å². The van der Waals surface area contributed by atoms with Crippen LogP contribution in [0.5, 0.6) is 0 Å². The summed E-state index contributed by atoms with van der Waals surface area (Å²) in [6.07, 6.45) is 5.53. The molecule has 1 unspecified atom stereocenters. The van der Waals surface area contributed by atoms with Crippen LogP contribution in [0, 0.1) is 5.92 Å². The molecule has 2 heteroatoms. The van der Waals surface area contributed by atoms with Crippen molar-refractivity contribution >= 4 is 11.6 Å². The summed E-state index contributed by atoms with van der Waals surface area (Å²) in [7, 11) is 0. The second-order valence-corrected chi connectivity index (χ2v) is 6.27. The van der Waals surface area contributed by atoms with Crippen LogP contribution in [0.3, 0.4) is 0 Å². The Morgan fingerprint density at radius 3 is 2.50 bits per heavy atom. The molecule has 0 bridgehead atoms. The van der Waals surface area contributed by atoms with Gasteiger partial charge >= 0.3 is 0 Å². The van der Waals surface area contributed by atoms with Gasteiger partial charge in [0.2, 0.25) is 0 Å². The van der Waals surface area contributed by atoms with Crippen LogP contribution >= 0.6 is 11.6 Å². The van der Waals surface area contributed by atoms with Gasteiger partial charge in [-0.25, -0.2) is 0 Å². The zero-order chi connectivity index (χ0) is 13.1. The normalized spacial score (nSPS) is 26.0. The highest BCUT2D eigenvalue weighted by atomic mass is 35.5. The molecule has 1 aromatic carbocycles. The number of hydrogen-bond acceptors (Lipinski definition) is 1. The van der Waals surface area contributed by atoms with E-state index in [9.17, 15) is 5.11 Å². The second-order valence-electron chi connectivity index (χ2n) is 5.87.